The standard InChI is InChI=1S/C11H22N2O/c1-6-7-8-13-9(14)10(2,3)12-11(13,4)5/h12H,6-8H2,1-5H3. The molecule has 82 valence electrons. The molecule has 1 saturated heterocycles. The molecule has 0 spiro atoms. The predicted octanol–water partition coefficient (Wildman–Crippen LogP) is 1.73. The molecule has 1 aliphatic heterocycles. The molecule has 0 aromatic heterocycles. The van der Waals surface area contributed by atoms with Crippen LogP contribution in [0.15, 0.2) is 0 Å². The molecular weight excluding hydrogens is 176 g/mol. The topological polar surface area (TPSA) is 32.3 Å². The fraction of sp³-hybridized carbons (Fsp3) is 0.909. The van der Waals surface area contributed by atoms with Crippen LogP contribution in [0.4, 0.5) is 0 Å². The lowest BCUT2D eigenvalue weighted by atomic mass is 10.1. The second-order valence-corrected chi connectivity index (χ2v) is 5.12. The average molecular weight is 198 g/mol. The summed E-state index contributed by atoms with van der Waals surface area (Å²) in [5, 5.41) is 3.35. The Hall–Kier alpha value is -0.570. The van der Waals surface area contributed by atoms with E-state index in [1.807, 2.05) is 18.7 Å². The van der Waals surface area contributed by atoms with Gasteiger partial charge in [-0.25, -0.2) is 0 Å². The Morgan fingerprint density at radius 1 is 1.29 bits per heavy atom. The zero-order valence-electron chi connectivity index (χ0n) is 9.98. The Labute approximate surface area is 86.9 Å². The van der Waals surface area contributed by atoms with Crippen molar-refractivity contribution >= 4 is 5.91 Å². The Kier molecular flexibility index (Phi) is 2.91. The lowest BCUT2D eigenvalue weighted by Gasteiger charge is -2.31. The third-order valence-corrected chi connectivity index (χ3v) is 2.81. The summed E-state index contributed by atoms with van der Waals surface area (Å²) in [7, 11) is 0. The minimum absolute atomic E-state index is 0.199. The molecule has 0 atom stereocenters. The lowest BCUT2D eigenvalue weighted by molar-refractivity contribution is -0.133. The first-order valence-corrected chi connectivity index (χ1v) is 5.42. The molecule has 3 heteroatoms. The van der Waals surface area contributed by atoms with E-state index in [4.69, 9.17) is 0 Å². The Balaban J connectivity index is 2.77. The number of unbranched alkanes of at least 4 members (excludes halogenated alkanes) is 1. The maximum absolute atomic E-state index is 12.0. The smallest absolute Gasteiger partial charge is 0.243 e. The number of hydrogen-bond acceptors (Lipinski definition) is 2. The molecule has 0 saturated carbocycles. The molecule has 0 aromatic carbocycles. The van der Waals surface area contributed by atoms with Crippen molar-refractivity contribution < 1.29 is 4.79 Å². The second-order valence-electron chi connectivity index (χ2n) is 5.12. The first-order chi connectivity index (χ1) is 6.31. The molecule has 1 rings (SSSR count). The van der Waals surface area contributed by atoms with Gasteiger partial charge in [0.1, 0.15) is 0 Å². The van der Waals surface area contributed by atoms with Crippen molar-refractivity contribution in [2.45, 2.75) is 58.7 Å². The van der Waals surface area contributed by atoms with Crippen LogP contribution in [0.1, 0.15) is 47.5 Å². The van der Waals surface area contributed by atoms with E-state index in [0.717, 1.165) is 19.4 Å². The van der Waals surface area contributed by atoms with Crippen molar-refractivity contribution in [1.29, 1.82) is 0 Å². The van der Waals surface area contributed by atoms with Crippen LogP contribution in [-0.2, 0) is 4.79 Å². The lowest BCUT2D eigenvalue weighted by Crippen LogP contribution is -2.48. The largest absolute Gasteiger partial charge is 0.323 e. The van der Waals surface area contributed by atoms with Crippen molar-refractivity contribution in [3.8, 4) is 0 Å². The number of rotatable bonds is 3. The molecule has 1 aliphatic rings. The van der Waals surface area contributed by atoms with Gasteiger partial charge in [0.05, 0.1) is 11.2 Å². The van der Waals surface area contributed by atoms with E-state index in [9.17, 15) is 4.79 Å². The highest BCUT2D eigenvalue weighted by Crippen LogP contribution is 2.27. The Morgan fingerprint density at radius 3 is 2.21 bits per heavy atom. The number of hydrogen-bond donors (Lipinski definition) is 1. The zero-order valence-corrected chi connectivity index (χ0v) is 9.98. The SMILES string of the molecule is CCCCN1C(=O)C(C)(C)NC1(C)C. The molecule has 14 heavy (non-hydrogen) atoms. The molecule has 1 fully saturated rings. The van der Waals surface area contributed by atoms with Gasteiger partial charge in [0, 0.05) is 6.54 Å². The summed E-state index contributed by atoms with van der Waals surface area (Å²) >= 11 is 0. The number of amides is 1. The van der Waals surface area contributed by atoms with E-state index in [0.29, 0.717) is 0 Å². The maximum atomic E-state index is 12.0. The first kappa shape index (κ1) is 11.5. The Bertz CT molecular complexity index is 233. The van der Waals surface area contributed by atoms with Gasteiger partial charge in [-0.2, -0.15) is 0 Å². The van der Waals surface area contributed by atoms with Crippen LogP contribution in [0, 0.1) is 0 Å². The molecule has 0 aliphatic carbocycles. The molecule has 1 amide bonds. The van der Waals surface area contributed by atoms with E-state index in [1.54, 1.807) is 0 Å². The summed E-state index contributed by atoms with van der Waals surface area (Å²) in [5.74, 6) is 0.218. The molecule has 1 N–H and O–H groups in total. The van der Waals surface area contributed by atoms with Gasteiger partial charge in [0.2, 0.25) is 5.91 Å². The number of nitrogens with one attached hydrogen (secondary N) is 1. The minimum Gasteiger partial charge on any atom is -0.323 e. The zero-order chi connectivity index (χ0) is 11.0. The van der Waals surface area contributed by atoms with Crippen molar-refractivity contribution in [2.75, 3.05) is 6.54 Å². The summed E-state index contributed by atoms with van der Waals surface area (Å²) < 4.78 is 0. The molecule has 1 heterocycles. The van der Waals surface area contributed by atoms with Gasteiger partial charge in [0.15, 0.2) is 0 Å². The minimum atomic E-state index is -0.406. The first-order valence-electron chi connectivity index (χ1n) is 5.42. The number of carbonyl (C=O) groups excluding carboxylic acids is 1. The van der Waals surface area contributed by atoms with Gasteiger partial charge in [-0.15, -0.1) is 0 Å². The van der Waals surface area contributed by atoms with Crippen molar-refractivity contribution in [2.24, 2.45) is 0 Å². The van der Waals surface area contributed by atoms with E-state index in [1.165, 1.54) is 0 Å². The van der Waals surface area contributed by atoms with Gasteiger partial charge < -0.3 is 4.90 Å². The van der Waals surface area contributed by atoms with Crippen LogP contribution in [0.3, 0.4) is 0 Å². The van der Waals surface area contributed by atoms with Crippen molar-refractivity contribution in [1.82, 2.24) is 10.2 Å². The van der Waals surface area contributed by atoms with Crippen molar-refractivity contribution in [3.05, 3.63) is 0 Å². The van der Waals surface area contributed by atoms with E-state index >= 15 is 0 Å². The van der Waals surface area contributed by atoms with Crippen LogP contribution in [0.5, 0.6) is 0 Å². The fourth-order valence-electron chi connectivity index (χ4n) is 2.17. The number of nitrogens with zero attached hydrogens (tertiary/aromatic N) is 1. The summed E-state index contributed by atoms with van der Waals surface area (Å²) in [4.78, 5) is 14.0. The maximum Gasteiger partial charge on any atom is 0.243 e. The molecule has 0 aromatic rings. The van der Waals surface area contributed by atoms with Crippen LogP contribution in [-0.4, -0.2) is 28.6 Å². The predicted molar refractivity (Wildman–Crippen MR) is 57.9 cm³/mol. The third kappa shape index (κ3) is 1.92. The van der Waals surface area contributed by atoms with Crippen molar-refractivity contribution in [3.63, 3.8) is 0 Å². The second kappa shape index (κ2) is 3.54. The summed E-state index contributed by atoms with van der Waals surface area (Å²) in [6, 6.07) is 0. The van der Waals surface area contributed by atoms with E-state index < -0.39 is 5.54 Å². The quantitative estimate of drug-likeness (QED) is 0.749. The summed E-state index contributed by atoms with van der Waals surface area (Å²) in [6.45, 7) is 11.0. The van der Waals surface area contributed by atoms with Gasteiger partial charge in [-0.3, -0.25) is 10.1 Å². The molecule has 0 radical (unpaired) electrons. The summed E-state index contributed by atoms with van der Waals surface area (Å²) in [6.07, 6.45) is 2.20. The van der Waals surface area contributed by atoms with Gasteiger partial charge in [-0.05, 0) is 34.1 Å². The molecule has 3 nitrogen and oxygen atoms in total. The molecular formula is C11H22N2O. The van der Waals surface area contributed by atoms with Gasteiger partial charge in [-0.1, -0.05) is 13.3 Å². The molecule has 0 unspecified atom stereocenters. The highest BCUT2D eigenvalue weighted by Gasteiger charge is 2.48. The van der Waals surface area contributed by atoms with E-state index in [2.05, 4.69) is 26.1 Å². The van der Waals surface area contributed by atoms with Gasteiger partial charge >= 0.3 is 0 Å². The summed E-state index contributed by atoms with van der Waals surface area (Å²) in [5.41, 5.74) is -0.604. The monoisotopic (exact) mass is 198 g/mol. The highest BCUT2D eigenvalue weighted by atomic mass is 16.2. The normalized spacial score (nSPS) is 24.4. The van der Waals surface area contributed by atoms with Crippen LogP contribution < -0.4 is 5.32 Å². The van der Waals surface area contributed by atoms with Crippen LogP contribution in [0.25, 0.3) is 0 Å². The van der Waals surface area contributed by atoms with E-state index in [-0.39, 0.29) is 11.6 Å². The van der Waals surface area contributed by atoms with Crippen LogP contribution in [0.2, 0.25) is 0 Å². The van der Waals surface area contributed by atoms with Gasteiger partial charge in [0.25, 0.3) is 0 Å². The Morgan fingerprint density at radius 2 is 1.86 bits per heavy atom. The molecule has 0 bridgehead atoms. The van der Waals surface area contributed by atoms with Crippen LogP contribution >= 0.6 is 0 Å². The number of carbonyl (C=O) groups is 1. The third-order valence-electron chi connectivity index (χ3n) is 2.81. The average Bonchev–Trinajstić information content (AvgIpc) is 2.16. The fourth-order valence-corrected chi connectivity index (χ4v) is 2.17. The highest BCUT2D eigenvalue weighted by molar-refractivity contribution is 5.88.